The summed E-state index contributed by atoms with van der Waals surface area (Å²) < 4.78 is 5.77. The molecule has 1 aliphatic heterocycles. The Morgan fingerprint density at radius 3 is 3.05 bits per heavy atom. The number of nitrogens with zero attached hydrogens (tertiary/aromatic N) is 1. The van der Waals surface area contributed by atoms with Crippen molar-refractivity contribution in [1.29, 1.82) is 0 Å². The molecule has 1 aliphatic rings. The predicted octanol–water partition coefficient (Wildman–Crippen LogP) is 3.04. The molecule has 0 radical (unpaired) electrons. The van der Waals surface area contributed by atoms with Crippen LogP contribution >= 0.6 is 11.6 Å². The van der Waals surface area contributed by atoms with E-state index in [1.54, 1.807) is 0 Å². The molecule has 0 saturated carbocycles. The number of hydrogen-bond acceptors (Lipinski definition) is 3. The minimum Gasteiger partial charge on any atom is -0.492 e. The Morgan fingerprint density at radius 2 is 2.35 bits per heavy atom. The van der Waals surface area contributed by atoms with E-state index in [0.29, 0.717) is 6.61 Å². The molecule has 3 nitrogen and oxygen atoms in total. The van der Waals surface area contributed by atoms with Crippen molar-refractivity contribution in [1.82, 2.24) is 10.2 Å². The molecule has 20 heavy (non-hydrogen) atoms. The number of likely N-dealkylation sites (N-methyl/N-ethyl adjacent to an activating group) is 1. The van der Waals surface area contributed by atoms with Gasteiger partial charge in [0.1, 0.15) is 12.4 Å². The van der Waals surface area contributed by atoms with Crippen LogP contribution < -0.4 is 10.1 Å². The number of piperidine rings is 1. The van der Waals surface area contributed by atoms with Crippen LogP contribution in [0.5, 0.6) is 5.75 Å². The lowest BCUT2D eigenvalue weighted by Crippen LogP contribution is -2.39. The highest BCUT2D eigenvalue weighted by atomic mass is 35.5. The normalized spacial score (nSPS) is 19.2. The number of nitrogens with one attached hydrogen (secondary N) is 1. The van der Waals surface area contributed by atoms with Gasteiger partial charge in [0.05, 0.1) is 0 Å². The van der Waals surface area contributed by atoms with Crippen molar-refractivity contribution in [2.45, 2.75) is 19.8 Å². The summed E-state index contributed by atoms with van der Waals surface area (Å²) in [6.45, 7) is 8.49. The summed E-state index contributed by atoms with van der Waals surface area (Å²) in [4.78, 5) is 2.47. The molecule has 4 heteroatoms. The van der Waals surface area contributed by atoms with Crippen molar-refractivity contribution in [3.8, 4) is 5.75 Å². The second kappa shape index (κ2) is 8.50. The van der Waals surface area contributed by atoms with Gasteiger partial charge in [0.15, 0.2) is 0 Å². The van der Waals surface area contributed by atoms with Crippen LogP contribution in [-0.4, -0.2) is 44.2 Å². The number of halogens is 1. The van der Waals surface area contributed by atoms with Gasteiger partial charge in [-0.25, -0.2) is 0 Å². The van der Waals surface area contributed by atoms with Gasteiger partial charge < -0.3 is 10.1 Å². The van der Waals surface area contributed by atoms with E-state index in [9.17, 15) is 0 Å². The van der Waals surface area contributed by atoms with Crippen LogP contribution in [0.1, 0.15) is 19.8 Å². The van der Waals surface area contributed by atoms with E-state index in [-0.39, 0.29) is 0 Å². The number of benzene rings is 1. The van der Waals surface area contributed by atoms with Crippen molar-refractivity contribution in [3.63, 3.8) is 0 Å². The lowest BCUT2D eigenvalue weighted by atomic mass is 9.99. The Morgan fingerprint density at radius 1 is 1.45 bits per heavy atom. The zero-order valence-corrected chi connectivity index (χ0v) is 13.0. The summed E-state index contributed by atoms with van der Waals surface area (Å²) in [5.74, 6) is 1.64. The van der Waals surface area contributed by atoms with E-state index in [1.165, 1.54) is 25.9 Å². The second-order valence-corrected chi connectivity index (χ2v) is 5.85. The highest BCUT2D eigenvalue weighted by Crippen LogP contribution is 2.17. The zero-order chi connectivity index (χ0) is 14.2. The Hall–Kier alpha value is -0.770. The summed E-state index contributed by atoms with van der Waals surface area (Å²) in [5.41, 5.74) is 0. The molecule has 112 valence electrons. The fraction of sp³-hybridized carbons (Fsp3) is 0.625. The molecule has 1 aromatic rings. The molecule has 1 saturated heterocycles. The number of hydrogen-bond donors (Lipinski definition) is 1. The van der Waals surface area contributed by atoms with E-state index >= 15 is 0 Å². The predicted molar refractivity (Wildman–Crippen MR) is 84.7 cm³/mol. The van der Waals surface area contributed by atoms with Crippen LogP contribution in [0.4, 0.5) is 0 Å². The molecule has 0 aliphatic carbocycles. The van der Waals surface area contributed by atoms with Gasteiger partial charge in [-0.2, -0.15) is 0 Å². The first-order valence-corrected chi connectivity index (χ1v) is 7.97. The van der Waals surface area contributed by atoms with Gasteiger partial charge in [-0.3, -0.25) is 4.90 Å². The molecule has 0 bridgehead atoms. The molecule has 0 aromatic heterocycles. The van der Waals surface area contributed by atoms with Gasteiger partial charge in [-0.1, -0.05) is 24.6 Å². The molecule has 1 fully saturated rings. The van der Waals surface area contributed by atoms with Crippen LogP contribution in [0.2, 0.25) is 5.02 Å². The first-order chi connectivity index (χ1) is 9.78. The summed E-state index contributed by atoms with van der Waals surface area (Å²) >= 11 is 5.95. The van der Waals surface area contributed by atoms with Gasteiger partial charge >= 0.3 is 0 Å². The van der Waals surface area contributed by atoms with E-state index in [2.05, 4.69) is 17.1 Å². The van der Waals surface area contributed by atoms with E-state index in [4.69, 9.17) is 16.3 Å². The van der Waals surface area contributed by atoms with Crippen LogP contribution in [0.15, 0.2) is 24.3 Å². The van der Waals surface area contributed by atoms with E-state index in [1.807, 2.05) is 24.3 Å². The number of ether oxygens (including phenoxy) is 1. The Balaban J connectivity index is 1.70. The molecule has 1 unspecified atom stereocenters. The first kappa shape index (κ1) is 15.6. The van der Waals surface area contributed by atoms with Crippen molar-refractivity contribution < 1.29 is 4.74 Å². The van der Waals surface area contributed by atoms with Gasteiger partial charge in [0, 0.05) is 18.1 Å². The van der Waals surface area contributed by atoms with Gasteiger partial charge in [-0.05, 0) is 56.6 Å². The molecule has 2 rings (SSSR count). The lowest BCUT2D eigenvalue weighted by Gasteiger charge is -2.29. The minimum atomic E-state index is 0.717. The van der Waals surface area contributed by atoms with Crippen molar-refractivity contribution in [3.05, 3.63) is 29.3 Å². The Kier molecular flexibility index (Phi) is 6.64. The van der Waals surface area contributed by atoms with Crippen molar-refractivity contribution in [2.24, 2.45) is 5.92 Å². The molecule has 1 heterocycles. The highest BCUT2D eigenvalue weighted by Gasteiger charge is 2.15. The lowest BCUT2D eigenvalue weighted by molar-refractivity contribution is 0.179. The molecule has 0 spiro atoms. The minimum absolute atomic E-state index is 0.717. The topological polar surface area (TPSA) is 24.5 Å². The second-order valence-electron chi connectivity index (χ2n) is 5.41. The maximum atomic E-state index is 5.95. The third kappa shape index (κ3) is 5.31. The smallest absolute Gasteiger partial charge is 0.120 e. The van der Waals surface area contributed by atoms with Crippen LogP contribution in [-0.2, 0) is 0 Å². The Bertz CT molecular complexity index is 394. The first-order valence-electron chi connectivity index (χ1n) is 7.59. The fourth-order valence-corrected chi connectivity index (χ4v) is 2.85. The standard InChI is InChI=1S/C16H25ClN2O/c1-2-19(13-14-5-4-8-18-12-14)9-10-20-16-7-3-6-15(17)11-16/h3,6-7,11,14,18H,2,4-5,8-10,12-13H2,1H3. The maximum absolute atomic E-state index is 5.95. The molecule has 1 N–H and O–H groups in total. The molecular formula is C16H25ClN2O. The van der Waals surface area contributed by atoms with Crippen molar-refractivity contribution in [2.75, 3.05) is 39.3 Å². The monoisotopic (exact) mass is 296 g/mol. The zero-order valence-electron chi connectivity index (χ0n) is 12.3. The van der Waals surface area contributed by atoms with Crippen LogP contribution in [0.25, 0.3) is 0 Å². The van der Waals surface area contributed by atoms with E-state index < -0.39 is 0 Å². The van der Waals surface area contributed by atoms with Crippen LogP contribution in [0, 0.1) is 5.92 Å². The summed E-state index contributed by atoms with van der Waals surface area (Å²) in [5, 5.41) is 4.20. The summed E-state index contributed by atoms with van der Waals surface area (Å²) in [6, 6.07) is 7.60. The average Bonchev–Trinajstić information content (AvgIpc) is 2.47. The summed E-state index contributed by atoms with van der Waals surface area (Å²) in [7, 11) is 0. The number of rotatable bonds is 7. The molecular weight excluding hydrogens is 272 g/mol. The quantitative estimate of drug-likeness (QED) is 0.837. The van der Waals surface area contributed by atoms with Gasteiger partial charge in [-0.15, -0.1) is 0 Å². The van der Waals surface area contributed by atoms with Gasteiger partial charge in [0.2, 0.25) is 0 Å². The third-order valence-corrected chi connectivity index (χ3v) is 4.07. The van der Waals surface area contributed by atoms with Crippen LogP contribution in [0.3, 0.4) is 0 Å². The third-order valence-electron chi connectivity index (χ3n) is 3.83. The highest BCUT2D eigenvalue weighted by molar-refractivity contribution is 6.30. The van der Waals surface area contributed by atoms with Gasteiger partial charge in [0.25, 0.3) is 0 Å². The largest absolute Gasteiger partial charge is 0.492 e. The van der Waals surface area contributed by atoms with Crippen molar-refractivity contribution >= 4 is 11.6 Å². The molecule has 1 aromatic carbocycles. The SMILES string of the molecule is CCN(CCOc1cccc(Cl)c1)CC1CCCNC1. The Labute approximate surface area is 127 Å². The van der Waals surface area contributed by atoms with E-state index in [0.717, 1.165) is 36.3 Å². The molecule has 1 atom stereocenters. The summed E-state index contributed by atoms with van der Waals surface area (Å²) in [6.07, 6.45) is 2.65. The average molecular weight is 297 g/mol. The maximum Gasteiger partial charge on any atom is 0.120 e. The fourth-order valence-electron chi connectivity index (χ4n) is 2.67. The molecule has 0 amide bonds.